The van der Waals surface area contributed by atoms with Gasteiger partial charge in [-0.2, -0.15) is 0 Å². The van der Waals surface area contributed by atoms with Crippen molar-refractivity contribution in [3.05, 3.63) is 27.9 Å². The van der Waals surface area contributed by atoms with E-state index in [1.54, 1.807) is 13.8 Å². The standard InChI is InChI=1S/C11H18N4O3/c1-8-5-10(15(17)18)7-14-11(8)13-4-3-12-6-9(2)16/h5,7,9,12,16H,3-4,6H2,1-2H3,(H,13,14). The van der Waals surface area contributed by atoms with Crippen LogP contribution in [0.2, 0.25) is 0 Å². The van der Waals surface area contributed by atoms with Gasteiger partial charge >= 0.3 is 0 Å². The molecule has 0 aliphatic carbocycles. The third kappa shape index (κ3) is 4.64. The van der Waals surface area contributed by atoms with E-state index < -0.39 is 4.92 Å². The molecule has 0 aliphatic heterocycles. The van der Waals surface area contributed by atoms with Crippen molar-refractivity contribution in [3.63, 3.8) is 0 Å². The molecule has 1 atom stereocenters. The smallest absolute Gasteiger partial charge is 0.287 e. The summed E-state index contributed by atoms with van der Waals surface area (Å²) in [5, 5.41) is 25.7. The van der Waals surface area contributed by atoms with Gasteiger partial charge in [-0.25, -0.2) is 4.98 Å². The molecule has 1 aromatic heterocycles. The first-order valence-corrected chi connectivity index (χ1v) is 5.74. The lowest BCUT2D eigenvalue weighted by Gasteiger charge is -2.09. The van der Waals surface area contributed by atoms with Crippen molar-refractivity contribution < 1.29 is 10.0 Å². The lowest BCUT2D eigenvalue weighted by molar-refractivity contribution is -0.385. The van der Waals surface area contributed by atoms with Gasteiger partial charge in [0.25, 0.3) is 5.69 Å². The van der Waals surface area contributed by atoms with Gasteiger partial charge in [-0.15, -0.1) is 0 Å². The average Bonchev–Trinajstić information content (AvgIpc) is 2.29. The van der Waals surface area contributed by atoms with E-state index in [-0.39, 0.29) is 11.8 Å². The molecular weight excluding hydrogens is 236 g/mol. The number of pyridine rings is 1. The SMILES string of the molecule is Cc1cc([N+](=O)[O-])cnc1NCCNCC(C)O. The van der Waals surface area contributed by atoms with Crippen LogP contribution in [-0.2, 0) is 0 Å². The maximum atomic E-state index is 10.5. The van der Waals surface area contributed by atoms with E-state index in [9.17, 15) is 10.1 Å². The molecule has 3 N–H and O–H groups in total. The fraction of sp³-hybridized carbons (Fsp3) is 0.545. The van der Waals surface area contributed by atoms with Crippen LogP contribution in [-0.4, -0.2) is 40.8 Å². The lowest BCUT2D eigenvalue weighted by atomic mass is 10.2. The first kappa shape index (κ1) is 14.3. The summed E-state index contributed by atoms with van der Waals surface area (Å²) >= 11 is 0. The number of hydrogen-bond acceptors (Lipinski definition) is 6. The second-order valence-electron chi connectivity index (χ2n) is 4.10. The van der Waals surface area contributed by atoms with Crippen LogP contribution in [0, 0.1) is 17.0 Å². The summed E-state index contributed by atoms with van der Waals surface area (Å²) in [5.41, 5.74) is 0.727. The Morgan fingerprint density at radius 3 is 2.83 bits per heavy atom. The molecule has 0 amide bonds. The number of aliphatic hydroxyl groups excluding tert-OH is 1. The number of rotatable bonds is 7. The van der Waals surface area contributed by atoms with Crippen molar-refractivity contribution in [2.75, 3.05) is 25.0 Å². The number of anilines is 1. The molecule has 7 nitrogen and oxygen atoms in total. The van der Waals surface area contributed by atoms with Crippen LogP contribution in [0.25, 0.3) is 0 Å². The maximum absolute atomic E-state index is 10.5. The second kappa shape index (κ2) is 6.87. The van der Waals surface area contributed by atoms with Crippen LogP contribution in [0.3, 0.4) is 0 Å². The number of nitrogens with one attached hydrogen (secondary N) is 2. The van der Waals surface area contributed by atoms with Crippen LogP contribution >= 0.6 is 0 Å². The van der Waals surface area contributed by atoms with Crippen molar-refractivity contribution in [3.8, 4) is 0 Å². The molecule has 1 rings (SSSR count). The molecular formula is C11H18N4O3. The van der Waals surface area contributed by atoms with Crippen molar-refractivity contribution >= 4 is 11.5 Å². The van der Waals surface area contributed by atoms with Crippen LogP contribution < -0.4 is 10.6 Å². The highest BCUT2D eigenvalue weighted by Gasteiger charge is 2.08. The monoisotopic (exact) mass is 254 g/mol. The highest BCUT2D eigenvalue weighted by Crippen LogP contribution is 2.17. The fourth-order valence-electron chi connectivity index (χ4n) is 1.43. The molecule has 18 heavy (non-hydrogen) atoms. The highest BCUT2D eigenvalue weighted by molar-refractivity contribution is 5.48. The summed E-state index contributed by atoms with van der Waals surface area (Å²) in [6.07, 6.45) is 0.864. The minimum absolute atomic E-state index is 0.00900. The molecule has 100 valence electrons. The summed E-state index contributed by atoms with van der Waals surface area (Å²) < 4.78 is 0. The van der Waals surface area contributed by atoms with Crippen LogP contribution in [0.5, 0.6) is 0 Å². The van der Waals surface area contributed by atoms with Gasteiger partial charge < -0.3 is 15.7 Å². The van der Waals surface area contributed by atoms with E-state index in [1.165, 1.54) is 12.3 Å². The summed E-state index contributed by atoms with van der Waals surface area (Å²) in [5.74, 6) is 0.638. The van der Waals surface area contributed by atoms with Gasteiger partial charge in [0.15, 0.2) is 0 Å². The molecule has 0 saturated heterocycles. The normalized spacial score (nSPS) is 12.2. The number of aromatic nitrogens is 1. The van der Waals surface area contributed by atoms with Gasteiger partial charge in [0.1, 0.15) is 12.0 Å². The van der Waals surface area contributed by atoms with Gasteiger partial charge in [0.2, 0.25) is 0 Å². The second-order valence-corrected chi connectivity index (χ2v) is 4.10. The zero-order chi connectivity index (χ0) is 13.5. The van der Waals surface area contributed by atoms with Crippen LogP contribution in [0.4, 0.5) is 11.5 Å². The number of nitro groups is 1. The number of hydrogen-bond donors (Lipinski definition) is 3. The molecule has 0 radical (unpaired) electrons. The average molecular weight is 254 g/mol. The summed E-state index contributed by atoms with van der Waals surface area (Å²) in [7, 11) is 0. The van der Waals surface area contributed by atoms with Crippen LogP contribution in [0.1, 0.15) is 12.5 Å². The Hall–Kier alpha value is -1.73. The Bertz CT molecular complexity index is 409. The minimum Gasteiger partial charge on any atom is -0.392 e. The Morgan fingerprint density at radius 1 is 1.56 bits per heavy atom. The first-order valence-electron chi connectivity index (χ1n) is 5.74. The highest BCUT2D eigenvalue weighted by atomic mass is 16.6. The molecule has 1 unspecified atom stereocenters. The topological polar surface area (TPSA) is 100 Å². The summed E-state index contributed by atoms with van der Waals surface area (Å²) in [6, 6.07) is 1.48. The van der Waals surface area contributed by atoms with Gasteiger partial charge in [0, 0.05) is 25.7 Å². The van der Waals surface area contributed by atoms with Crippen molar-refractivity contribution in [1.29, 1.82) is 0 Å². The Labute approximate surface area is 105 Å². The van der Waals surface area contributed by atoms with Gasteiger partial charge in [-0.05, 0) is 19.4 Å². The van der Waals surface area contributed by atoms with E-state index in [0.717, 1.165) is 5.56 Å². The zero-order valence-electron chi connectivity index (χ0n) is 10.5. The van der Waals surface area contributed by atoms with E-state index in [1.807, 2.05) is 0 Å². The number of aryl methyl sites for hydroxylation is 1. The molecule has 0 bridgehead atoms. The third-order valence-electron chi connectivity index (χ3n) is 2.31. The molecule has 7 heteroatoms. The summed E-state index contributed by atoms with van der Waals surface area (Å²) in [6.45, 7) is 5.34. The quantitative estimate of drug-likeness (QED) is 0.376. The van der Waals surface area contributed by atoms with Crippen molar-refractivity contribution in [2.24, 2.45) is 0 Å². The van der Waals surface area contributed by atoms with Crippen molar-refractivity contribution in [1.82, 2.24) is 10.3 Å². The fourth-order valence-corrected chi connectivity index (χ4v) is 1.43. The zero-order valence-corrected chi connectivity index (χ0v) is 10.5. The first-order chi connectivity index (χ1) is 8.50. The third-order valence-corrected chi connectivity index (χ3v) is 2.31. The van der Waals surface area contributed by atoms with E-state index in [0.29, 0.717) is 25.5 Å². The Morgan fingerprint density at radius 2 is 2.28 bits per heavy atom. The van der Waals surface area contributed by atoms with Gasteiger partial charge in [-0.1, -0.05) is 0 Å². The molecule has 0 aromatic carbocycles. The molecule has 1 heterocycles. The maximum Gasteiger partial charge on any atom is 0.287 e. The molecule has 1 aromatic rings. The minimum atomic E-state index is -0.464. The molecule has 0 fully saturated rings. The molecule has 0 saturated carbocycles. The van der Waals surface area contributed by atoms with E-state index in [2.05, 4.69) is 15.6 Å². The lowest BCUT2D eigenvalue weighted by Crippen LogP contribution is -2.29. The number of aliphatic hydroxyl groups is 1. The van der Waals surface area contributed by atoms with Gasteiger partial charge in [0.05, 0.1) is 11.0 Å². The largest absolute Gasteiger partial charge is 0.392 e. The van der Waals surface area contributed by atoms with Crippen LogP contribution in [0.15, 0.2) is 12.3 Å². The molecule has 0 spiro atoms. The summed E-state index contributed by atoms with van der Waals surface area (Å²) in [4.78, 5) is 14.1. The Kier molecular flexibility index (Phi) is 5.47. The Balaban J connectivity index is 2.41. The van der Waals surface area contributed by atoms with E-state index >= 15 is 0 Å². The number of nitrogens with zero attached hydrogens (tertiary/aromatic N) is 2. The molecule has 0 aliphatic rings. The van der Waals surface area contributed by atoms with Crippen molar-refractivity contribution in [2.45, 2.75) is 20.0 Å². The van der Waals surface area contributed by atoms with Gasteiger partial charge in [-0.3, -0.25) is 10.1 Å². The van der Waals surface area contributed by atoms with E-state index in [4.69, 9.17) is 5.11 Å². The predicted octanol–water partition coefficient (Wildman–Crippen LogP) is 0.681. The predicted molar refractivity (Wildman–Crippen MR) is 68.7 cm³/mol.